The second-order valence-corrected chi connectivity index (χ2v) is 11.9. The van der Waals surface area contributed by atoms with Crippen molar-refractivity contribution in [3.05, 3.63) is 35.9 Å². The number of aliphatic hydroxyl groups excluding tert-OH is 1. The highest BCUT2D eigenvalue weighted by Gasteiger charge is 2.15. The summed E-state index contributed by atoms with van der Waals surface area (Å²) in [6.07, 6.45) is 24.7. The first kappa shape index (κ1) is 41.1. The minimum atomic E-state index is -0.526. The fourth-order valence-corrected chi connectivity index (χ4v) is 5.05. The summed E-state index contributed by atoms with van der Waals surface area (Å²) in [5, 5.41) is 9.55. The van der Waals surface area contributed by atoms with Crippen LogP contribution in [0.5, 0.6) is 0 Å². The van der Waals surface area contributed by atoms with Crippen LogP contribution >= 0.6 is 0 Å². The zero-order valence-electron chi connectivity index (χ0n) is 28.3. The van der Waals surface area contributed by atoms with E-state index in [9.17, 15) is 14.7 Å². The van der Waals surface area contributed by atoms with Gasteiger partial charge in [-0.2, -0.15) is 0 Å². The van der Waals surface area contributed by atoms with Crippen LogP contribution < -0.4 is 0 Å². The summed E-state index contributed by atoms with van der Waals surface area (Å²) in [6.45, 7) is 5.05. The van der Waals surface area contributed by atoms with E-state index in [1.54, 1.807) is 0 Å². The van der Waals surface area contributed by atoms with Crippen LogP contribution in [0.1, 0.15) is 161 Å². The van der Waals surface area contributed by atoms with Crippen LogP contribution in [0.25, 0.3) is 0 Å². The Hall–Kier alpha value is -1.92. The van der Waals surface area contributed by atoms with Gasteiger partial charge in [0, 0.05) is 0 Å². The van der Waals surface area contributed by atoms with Crippen LogP contribution in [-0.4, -0.2) is 43.5 Å². The van der Waals surface area contributed by atoms with Crippen molar-refractivity contribution in [1.29, 1.82) is 0 Å². The molecule has 0 aliphatic carbocycles. The third-order valence-electron chi connectivity index (χ3n) is 7.85. The van der Waals surface area contributed by atoms with E-state index in [1.807, 2.05) is 30.3 Å². The molecule has 6 heteroatoms. The standard InChI is InChI=1S/C22H36O3.C15H30O3/c1-3-4-5-6-7-8-9-10-14-17-21(18-22(23)24-2)25-19-20-15-12-11-13-16-20;1-3-4-5-6-7-8-9-10-11-12-14(16)13-15(17)18-2/h11-13,15-16,21H,3-10,14,17-19H2,1-2H3;14,16H,3-13H2,1-2H3/t21-;14-/m11/s1. The van der Waals surface area contributed by atoms with E-state index >= 15 is 0 Å². The summed E-state index contributed by atoms with van der Waals surface area (Å²) in [6, 6.07) is 10.1. The number of unbranched alkanes of at least 4 members (excludes halogenated alkanes) is 16. The van der Waals surface area contributed by atoms with Crippen molar-refractivity contribution in [1.82, 2.24) is 0 Å². The van der Waals surface area contributed by atoms with Crippen molar-refractivity contribution < 1.29 is 28.9 Å². The molecule has 0 radical (unpaired) electrons. The van der Waals surface area contributed by atoms with E-state index in [0.717, 1.165) is 31.2 Å². The second kappa shape index (κ2) is 31.5. The van der Waals surface area contributed by atoms with Gasteiger partial charge in [-0.25, -0.2) is 0 Å². The van der Waals surface area contributed by atoms with Gasteiger partial charge in [-0.15, -0.1) is 0 Å². The SMILES string of the molecule is CCCCCCCCCCC[C@@H](O)CC(=O)OC.CCCCCCCCCCC[C@H](CC(=O)OC)OCc1ccccc1. The highest BCUT2D eigenvalue weighted by molar-refractivity contribution is 5.70. The minimum absolute atomic E-state index is 0.0442. The molecule has 0 bridgehead atoms. The molecule has 0 fully saturated rings. The molecule has 0 aromatic heterocycles. The molecule has 1 aromatic carbocycles. The summed E-state index contributed by atoms with van der Waals surface area (Å²) in [4.78, 5) is 22.5. The van der Waals surface area contributed by atoms with E-state index in [0.29, 0.717) is 19.4 Å². The first-order valence-corrected chi connectivity index (χ1v) is 17.4. The maximum atomic E-state index is 11.6. The molecular formula is C37H66O6. The van der Waals surface area contributed by atoms with Crippen LogP contribution in [0.4, 0.5) is 0 Å². The summed E-state index contributed by atoms with van der Waals surface area (Å²) in [5.74, 6) is -0.507. The number of rotatable bonds is 27. The van der Waals surface area contributed by atoms with E-state index in [1.165, 1.54) is 111 Å². The molecule has 6 nitrogen and oxygen atoms in total. The quantitative estimate of drug-likeness (QED) is 0.0793. The molecule has 0 amide bonds. The predicted octanol–water partition coefficient (Wildman–Crippen LogP) is 9.89. The lowest BCUT2D eigenvalue weighted by molar-refractivity contribution is -0.144. The van der Waals surface area contributed by atoms with Crippen molar-refractivity contribution in [3.63, 3.8) is 0 Å². The molecule has 0 saturated carbocycles. The van der Waals surface area contributed by atoms with Gasteiger partial charge >= 0.3 is 11.9 Å². The van der Waals surface area contributed by atoms with Crippen molar-refractivity contribution in [2.24, 2.45) is 0 Å². The average Bonchev–Trinajstić information content (AvgIpc) is 3.02. The Morgan fingerprint density at radius 2 is 1.02 bits per heavy atom. The second-order valence-electron chi connectivity index (χ2n) is 11.9. The predicted molar refractivity (Wildman–Crippen MR) is 178 cm³/mol. The van der Waals surface area contributed by atoms with Crippen LogP contribution in [0.3, 0.4) is 0 Å². The maximum absolute atomic E-state index is 11.6. The number of methoxy groups -OCH3 is 2. The normalized spacial score (nSPS) is 12.2. The van der Waals surface area contributed by atoms with Gasteiger partial charge in [0.25, 0.3) is 0 Å². The molecule has 1 N–H and O–H groups in total. The lowest BCUT2D eigenvalue weighted by Gasteiger charge is -2.17. The van der Waals surface area contributed by atoms with Gasteiger partial charge in [0.1, 0.15) is 0 Å². The fraction of sp³-hybridized carbons (Fsp3) is 0.784. The number of benzene rings is 1. The number of carbonyl (C=O) groups excluding carboxylic acids is 2. The highest BCUT2D eigenvalue weighted by atomic mass is 16.5. The number of hydrogen-bond acceptors (Lipinski definition) is 6. The van der Waals surface area contributed by atoms with Crippen molar-refractivity contribution in [2.75, 3.05) is 14.2 Å². The van der Waals surface area contributed by atoms with Crippen molar-refractivity contribution in [2.45, 2.75) is 174 Å². The topological polar surface area (TPSA) is 82.1 Å². The molecule has 2 atom stereocenters. The number of ether oxygens (including phenoxy) is 3. The van der Waals surface area contributed by atoms with Crippen LogP contribution in [0, 0.1) is 0 Å². The molecule has 0 spiro atoms. The van der Waals surface area contributed by atoms with Crippen molar-refractivity contribution in [3.8, 4) is 0 Å². The first-order chi connectivity index (χ1) is 21.0. The summed E-state index contributed by atoms with van der Waals surface area (Å²) in [5.41, 5.74) is 1.14. The van der Waals surface area contributed by atoms with Gasteiger partial charge in [0.05, 0.1) is 45.9 Å². The highest BCUT2D eigenvalue weighted by Crippen LogP contribution is 2.16. The van der Waals surface area contributed by atoms with Gasteiger partial charge in [-0.05, 0) is 18.4 Å². The molecule has 1 rings (SSSR count). The molecular weight excluding hydrogens is 540 g/mol. The van der Waals surface area contributed by atoms with Gasteiger partial charge < -0.3 is 19.3 Å². The van der Waals surface area contributed by atoms with Gasteiger partial charge in [0.15, 0.2) is 0 Å². The molecule has 0 heterocycles. The van der Waals surface area contributed by atoms with Crippen LogP contribution in [-0.2, 0) is 30.4 Å². The molecule has 0 aliphatic rings. The zero-order chi connectivity index (χ0) is 31.8. The Labute approximate surface area is 264 Å². The maximum Gasteiger partial charge on any atom is 0.308 e. The molecule has 0 unspecified atom stereocenters. The third-order valence-corrected chi connectivity index (χ3v) is 7.85. The smallest absolute Gasteiger partial charge is 0.308 e. The van der Waals surface area contributed by atoms with E-state index in [4.69, 9.17) is 9.47 Å². The fourth-order valence-electron chi connectivity index (χ4n) is 5.05. The van der Waals surface area contributed by atoms with Crippen LogP contribution in [0.2, 0.25) is 0 Å². The zero-order valence-corrected chi connectivity index (χ0v) is 28.3. The Morgan fingerprint density at radius 1 is 0.605 bits per heavy atom. The molecule has 1 aromatic rings. The Morgan fingerprint density at radius 3 is 1.49 bits per heavy atom. The Balaban J connectivity index is 0.000000869. The van der Waals surface area contributed by atoms with Gasteiger partial charge in [-0.3, -0.25) is 9.59 Å². The number of esters is 2. The van der Waals surface area contributed by atoms with Crippen molar-refractivity contribution >= 4 is 11.9 Å². The summed E-state index contributed by atoms with van der Waals surface area (Å²) in [7, 11) is 2.79. The Kier molecular flexibility index (Phi) is 30.1. The van der Waals surface area contributed by atoms with E-state index in [2.05, 4.69) is 18.6 Å². The number of carbonyl (C=O) groups is 2. The van der Waals surface area contributed by atoms with E-state index in [-0.39, 0.29) is 24.5 Å². The summed E-state index contributed by atoms with van der Waals surface area (Å²) >= 11 is 0. The summed E-state index contributed by atoms with van der Waals surface area (Å²) < 4.78 is 15.3. The number of aliphatic hydroxyl groups is 1. The number of hydrogen-bond donors (Lipinski definition) is 1. The Bertz CT molecular complexity index is 738. The van der Waals surface area contributed by atoms with E-state index < -0.39 is 6.10 Å². The van der Waals surface area contributed by atoms with Gasteiger partial charge in [-0.1, -0.05) is 160 Å². The first-order valence-electron chi connectivity index (χ1n) is 17.4. The molecule has 0 saturated heterocycles. The largest absolute Gasteiger partial charge is 0.469 e. The third kappa shape index (κ3) is 28.6. The lowest BCUT2D eigenvalue weighted by Crippen LogP contribution is -2.18. The van der Waals surface area contributed by atoms with Crippen LogP contribution in [0.15, 0.2) is 30.3 Å². The molecule has 0 aliphatic heterocycles. The van der Waals surface area contributed by atoms with Gasteiger partial charge in [0.2, 0.25) is 0 Å². The monoisotopic (exact) mass is 606 g/mol. The molecule has 250 valence electrons. The molecule has 43 heavy (non-hydrogen) atoms. The minimum Gasteiger partial charge on any atom is -0.469 e. The average molecular weight is 607 g/mol. The lowest BCUT2D eigenvalue weighted by atomic mass is 10.0.